The Bertz CT molecular complexity index is 1070. The number of halogens is 5. The number of hydrogen-bond donors (Lipinski definition) is 1. The van der Waals surface area contributed by atoms with E-state index in [9.17, 15) is 22.4 Å². The van der Waals surface area contributed by atoms with Crippen molar-refractivity contribution in [1.29, 1.82) is 0 Å². The maximum absolute atomic E-state index is 15.1. The smallest absolute Gasteiger partial charge is 0.317 e. The van der Waals surface area contributed by atoms with Crippen LogP contribution in [0.1, 0.15) is 40.5 Å². The van der Waals surface area contributed by atoms with E-state index in [0.717, 1.165) is 22.9 Å². The molecule has 1 saturated carbocycles. The molecule has 2 aromatic heterocycles. The summed E-state index contributed by atoms with van der Waals surface area (Å²) >= 11 is 0. The summed E-state index contributed by atoms with van der Waals surface area (Å²) in [5, 5.41) is 5.60. The molecule has 1 amide bonds. The van der Waals surface area contributed by atoms with E-state index in [4.69, 9.17) is 0 Å². The van der Waals surface area contributed by atoms with E-state index in [1.54, 1.807) is 0 Å². The first-order valence-electron chi connectivity index (χ1n) is 8.62. The largest absolute Gasteiger partial charge is 0.435 e. The van der Waals surface area contributed by atoms with Gasteiger partial charge >= 0.3 is 6.18 Å². The Kier molecular flexibility index (Phi) is 4.56. The van der Waals surface area contributed by atoms with Crippen molar-refractivity contribution in [1.82, 2.24) is 14.8 Å². The van der Waals surface area contributed by atoms with Gasteiger partial charge < -0.3 is 5.32 Å². The van der Waals surface area contributed by atoms with Crippen LogP contribution in [0.3, 0.4) is 0 Å². The van der Waals surface area contributed by atoms with Crippen LogP contribution in [0, 0.1) is 11.6 Å². The molecule has 0 saturated heterocycles. The lowest BCUT2D eigenvalue weighted by atomic mass is 10.2. The predicted octanol–water partition coefficient (Wildman–Crippen LogP) is 4.69. The van der Waals surface area contributed by atoms with Crippen molar-refractivity contribution in [2.75, 3.05) is 5.32 Å². The summed E-state index contributed by atoms with van der Waals surface area (Å²) < 4.78 is 69.4. The van der Waals surface area contributed by atoms with Gasteiger partial charge in [0.1, 0.15) is 17.2 Å². The highest BCUT2D eigenvalue weighted by atomic mass is 19.4. The van der Waals surface area contributed by atoms with E-state index in [0.29, 0.717) is 12.8 Å². The molecular formula is C19H13F5N4O. The minimum atomic E-state index is -4.71. The molecule has 1 fully saturated rings. The van der Waals surface area contributed by atoms with Crippen molar-refractivity contribution in [3.8, 4) is 5.69 Å². The number of aromatic nitrogens is 3. The van der Waals surface area contributed by atoms with Gasteiger partial charge in [-0.1, -0.05) is 0 Å². The van der Waals surface area contributed by atoms with Gasteiger partial charge in [0, 0.05) is 24.0 Å². The highest BCUT2D eigenvalue weighted by Gasteiger charge is 2.38. The molecule has 0 aliphatic heterocycles. The second-order valence-electron chi connectivity index (χ2n) is 6.59. The number of alkyl halides is 3. The molecule has 5 nitrogen and oxygen atoms in total. The summed E-state index contributed by atoms with van der Waals surface area (Å²) in [7, 11) is 0. The van der Waals surface area contributed by atoms with Gasteiger partial charge in [0.2, 0.25) is 0 Å². The zero-order valence-electron chi connectivity index (χ0n) is 14.7. The summed E-state index contributed by atoms with van der Waals surface area (Å²) in [6.07, 6.45) is -0.771. The topological polar surface area (TPSA) is 59.8 Å². The molecule has 0 atom stereocenters. The third kappa shape index (κ3) is 3.69. The standard InChI is InChI=1S/C19H13F5N4O/c20-12-5-6-13(16(21)17(12)26-18(29)11-2-1-7-25-9-11)28-14(10-3-4-10)8-15(27-28)19(22,23)24/h1-2,5-10H,3-4H2,(H,26,29). The predicted molar refractivity (Wildman–Crippen MR) is 92.6 cm³/mol. The van der Waals surface area contributed by atoms with Crippen molar-refractivity contribution in [2.45, 2.75) is 24.9 Å². The normalized spacial score (nSPS) is 14.1. The molecule has 0 unspecified atom stereocenters. The Hall–Kier alpha value is -3.30. The van der Waals surface area contributed by atoms with E-state index in [1.807, 2.05) is 0 Å². The Morgan fingerprint density at radius 1 is 1.17 bits per heavy atom. The molecule has 1 aliphatic rings. The summed E-state index contributed by atoms with van der Waals surface area (Å²) in [6, 6.07) is 5.60. The Balaban J connectivity index is 1.76. The number of benzene rings is 1. The third-order valence-electron chi connectivity index (χ3n) is 4.48. The van der Waals surface area contributed by atoms with Crippen LogP contribution in [0.5, 0.6) is 0 Å². The van der Waals surface area contributed by atoms with E-state index in [-0.39, 0.29) is 22.9 Å². The summed E-state index contributed by atoms with van der Waals surface area (Å²) in [6.45, 7) is 0. The van der Waals surface area contributed by atoms with Crippen LogP contribution in [0.15, 0.2) is 42.7 Å². The van der Waals surface area contributed by atoms with E-state index in [2.05, 4.69) is 15.4 Å². The second kappa shape index (κ2) is 6.94. The maximum atomic E-state index is 15.1. The average Bonchev–Trinajstić information content (AvgIpc) is 3.43. The maximum Gasteiger partial charge on any atom is 0.435 e. The monoisotopic (exact) mass is 408 g/mol. The number of nitrogens with zero attached hydrogens (tertiary/aromatic N) is 3. The number of pyridine rings is 1. The zero-order chi connectivity index (χ0) is 20.8. The number of anilines is 1. The van der Waals surface area contributed by atoms with Crippen LogP contribution in [-0.2, 0) is 6.18 Å². The molecule has 1 N–H and O–H groups in total. The SMILES string of the molecule is O=C(Nc1c(F)ccc(-n2nc(C(F)(F)F)cc2C2CC2)c1F)c1cccnc1. The fraction of sp³-hybridized carbons (Fsp3) is 0.211. The highest BCUT2D eigenvalue weighted by molar-refractivity contribution is 6.04. The molecule has 2 heterocycles. The van der Waals surface area contributed by atoms with Crippen LogP contribution in [0.4, 0.5) is 27.6 Å². The molecule has 0 spiro atoms. The van der Waals surface area contributed by atoms with Gasteiger partial charge in [-0.3, -0.25) is 9.78 Å². The van der Waals surface area contributed by atoms with Gasteiger partial charge in [-0.2, -0.15) is 18.3 Å². The molecular weight excluding hydrogens is 395 g/mol. The number of carbonyl (C=O) groups excluding carboxylic acids is 1. The molecule has 1 aromatic carbocycles. The van der Waals surface area contributed by atoms with Gasteiger partial charge in [0.25, 0.3) is 5.91 Å². The molecule has 3 aromatic rings. The number of carbonyl (C=O) groups is 1. The van der Waals surface area contributed by atoms with Crippen molar-refractivity contribution in [2.24, 2.45) is 0 Å². The van der Waals surface area contributed by atoms with Crippen molar-refractivity contribution >= 4 is 11.6 Å². The van der Waals surface area contributed by atoms with Crippen molar-refractivity contribution < 1.29 is 26.7 Å². The molecule has 0 bridgehead atoms. The quantitative estimate of drug-likeness (QED) is 0.637. The minimum Gasteiger partial charge on any atom is -0.317 e. The Labute approximate surface area is 161 Å². The lowest BCUT2D eigenvalue weighted by Crippen LogP contribution is -2.16. The summed E-state index contributed by atoms with van der Waals surface area (Å²) in [5.41, 5.74) is -2.07. The highest BCUT2D eigenvalue weighted by Crippen LogP contribution is 2.43. The Morgan fingerprint density at radius 3 is 2.55 bits per heavy atom. The van der Waals surface area contributed by atoms with Crippen LogP contribution >= 0.6 is 0 Å². The lowest BCUT2D eigenvalue weighted by Gasteiger charge is -2.13. The van der Waals surface area contributed by atoms with E-state index in [1.165, 1.54) is 24.5 Å². The summed E-state index contributed by atoms with van der Waals surface area (Å²) in [4.78, 5) is 16.0. The first-order chi connectivity index (χ1) is 13.8. The molecule has 10 heteroatoms. The first-order valence-corrected chi connectivity index (χ1v) is 8.62. The van der Waals surface area contributed by atoms with Gasteiger partial charge in [0.05, 0.1) is 5.56 Å². The Morgan fingerprint density at radius 2 is 1.93 bits per heavy atom. The number of nitrogens with one attached hydrogen (secondary N) is 1. The zero-order valence-corrected chi connectivity index (χ0v) is 14.7. The minimum absolute atomic E-state index is 0.0637. The van der Waals surface area contributed by atoms with Crippen LogP contribution in [0.2, 0.25) is 0 Å². The van der Waals surface area contributed by atoms with Crippen LogP contribution in [0.25, 0.3) is 5.69 Å². The van der Waals surface area contributed by atoms with Crippen molar-refractivity contribution in [3.05, 3.63) is 71.3 Å². The fourth-order valence-electron chi connectivity index (χ4n) is 2.90. The molecule has 0 radical (unpaired) electrons. The van der Waals surface area contributed by atoms with Crippen LogP contribution < -0.4 is 5.32 Å². The van der Waals surface area contributed by atoms with Crippen molar-refractivity contribution in [3.63, 3.8) is 0 Å². The number of rotatable bonds is 4. The van der Waals surface area contributed by atoms with E-state index < -0.39 is 35.1 Å². The molecule has 4 rings (SSSR count). The third-order valence-corrected chi connectivity index (χ3v) is 4.48. The van der Waals surface area contributed by atoms with Gasteiger partial charge in [-0.05, 0) is 43.2 Å². The lowest BCUT2D eigenvalue weighted by molar-refractivity contribution is -0.141. The average molecular weight is 408 g/mol. The summed E-state index contributed by atoms with van der Waals surface area (Å²) in [5.74, 6) is -3.29. The first kappa shape index (κ1) is 19.0. The number of amides is 1. The van der Waals surface area contributed by atoms with Crippen LogP contribution in [-0.4, -0.2) is 20.7 Å². The molecule has 1 aliphatic carbocycles. The van der Waals surface area contributed by atoms with E-state index >= 15 is 4.39 Å². The molecule has 150 valence electrons. The second-order valence-corrected chi connectivity index (χ2v) is 6.59. The fourth-order valence-corrected chi connectivity index (χ4v) is 2.90. The molecule has 29 heavy (non-hydrogen) atoms. The number of hydrogen-bond acceptors (Lipinski definition) is 3. The van der Waals surface area contributed by atoms with Gasteiger partial charge in [-0.25, -0.2) is 13.5 Å². The van der Waals surface area contributed by atoms with Gasteiger partial charge in [0.15, 0.2) is 11.5 Å². The van der Waals surface area contributed by atoms with Gasteiger partial charge in [-0.15, -0.1) is 0 Å².